The van der Waals surface area contributed by atoms with Gasteiger partial charge in [0.25, 0.3) is 0 Å². The molecule has 1 amide bonds. The number of aryl methyl sites for hydroxylation is 2. The van der Waals surface area contributed by atoms with E-state index in [1.54, 1.807) is 0 Å². The zero-order valence-corrected chi connectivity index (χ0v) is 9.72. The van der Waals surface area contributed by atoms with Crippen LogP contribution in [0.25, 0.3) is 0 Å². The highest BCUT2D eigenvalue weighted by atomic mass is 16.1. The van der Waals surface area contributed by atoms with E-state index in [9.17, 15) is 4.79 Å². The Kier molecular flexibility index (Phi) is 3.71. The quantitative estimate of drug-likeness (QED) is 0.715. The SMILES string of the molecule is CC(=O)NCCNc1c(C)nn(C)c1C. The Morgan fingerprint density at radius 3 is 2.53 bits per heavy atom. The average Bonchev–Trinajstić information content (AvgIpc) is 2.37. The molecule has 0 aliphatic rings. The van der Waals surface area contributed by atoms with E-state index in [0.29, 0.717) is 13.1 Å². The molecule has 0 aliphatic heterocycles. The fraction of sp³-hybridized carbons (Fsp3) is 0.600. The van der Waals surface area contributed by atoms with Gasteiger partial charge in [0, 0.05) is 27.1 Å². The van der Waals surface area contributed by atoms with Crippen LogP contribution in [0.4, 0.5) is 5.69 Å². The van der Waals surface area contributed by atoms with Gasteiger partial charge >= 0.3 is 0 Å². The van der Waals surface area contributed by atoms with E-state index in [1.807, 2.05) is 25.6 Å². The molecule has 0 aromatic carbocycles. The number of anilines is 1. The standard InChI is InChI=1S/C10H18N4O/c1-7-10(8(2)14(4)13-7)12-6-5-11-9(3)15/h12H,5-6H2,1-4H3,(H,11,15). The number of carbonyl (C=O) groups excluding carboxylic acids is 1. The largest absolute Gasteiger partial charge is 0.380 e. The molecular formula is C10H18N4O. The van der Waals surface area contributed by atoms with Gasteiger partial charge in [0.15, 0.2) is 0 Å². The van der Waals surface area contributed by atoms with Gasteiger partial charge in [0.2, 0.25) is 5.91 Å². The van der Waals surface area contributed by atoms with Crippen LogP contribution < -0.4 is 10.6 Å². The van der Waals surface area contributed by atoms with E-state index in [0.717, 1.165) is 17.1 Å². The van der Waals surface area contributed by atoms with Gasteiger partial charge in [-0.3, -0.25) is 9.48 Å². The van der Waals surface area contributed by atoms with E-state index in [1.165, 1.54) is 6.92 Å². The van der Waals surface area contributed by atoms with Crippen molar-refractivity contribution in [2.75, 3.05) is 18.4 Å². The van der Waals surface area contributed by atoms with Gasteiger partial charge in [0.05, 0.1) is 17.1 Å². The van der Waals surface area contributed by atoms with Crippen LogP contribution in [0.2, 0.25) is 0 Å². The minimum Gasteiger partial charge on any atom is -0.380 e. The van der Waals surface area contributed by atoms with Gasteiger partial charge in [-0.15, -0.1) is 0 Å². The Labute approximate surface area is 89.9 Å². The van der Waals surface area contributed by atoms with Gasteiger partial charge in [0.1, 0.15) is 0 Å². The predicted octanol–water partition coefficient (Wildman–Crippen LogP) is 0.585. The maximum absolute atomic E-state index is 10.6. The van der Waals surface area contributed by atoms with Crippen molar-refractivity contribution in [3.8, 4) is 0 Å². The first-order chi connectivity index (χ1) is 7.02. The Morgan fingerprint density at radius 1 is 1.40 bits per heavy atom. The van der Waals surface area contributed by atoms with Crippen LogP contribution >= 0.6 is 0 Å². The highest BCUT2D eigenvalue weighted by molar-refractivity contribution is 5.72. The summed E-state index contributed by atoms with van der Waals surface area (Å²) >= 11 is 0. The number of aromatic nitrogens is 2. The molecule has 0 unspecified atom stereocenters. The van der Waals surface area contributed by atoms with Crippen LogP contribution in [0.15, 0.2) is 0 Å². The van der Waals surface area contributed by atoms with Crippen LogP contribution in [-0.2, 0) is 11.8 Å². The van der Waals surface area contributed by atoms with Crippen molar-refractivity contribution in [3.63, 3.8) is 0 Å². The molecule has 1 aromatic heterocycles. The fourth-order valence-corrected chi connectivity index (χ4v) is 1.46. The lowest BCUT2D eigenvalue weighted by Crippen LogP contribution is -2.26. The number of nitrogens with one attached hydrogen (secondary N) is 2. The minimum atomic E-state index is -0.00331. The van der Waals surface area contributed by atoms with Gasteiger partial charge < -0.3 is 10.6 Å². The van der Waals surface area contributed by atoms with Crippen molar-refractivity contribution in [1.82, 2.24) is 15.1 Å². The predicted molar refractivity (Wildman–Crippen MR) is 59.9 cm³/mol. The lowest BCUT2D eigenvalue weighted by Gasteiger charge is -2.06. The molecule has 1 aromatic rings. The summed E-state index contributed by atoms with van der Waals surface area (Å²) in [6.45, 7) is 6.84. The summed E-state index contributed by atoms with van der Waals surface area (Å²) in [4.78, 5) is 10.6. The van der Waals surface area contributed by atoms with Gasteiger partial charge in [-0.05, 0) is 13.8 Å². The molecule has 1 heterocycles. The normalized spacial score (nSPS) is 10.1. The molecule has 0 aliphatic carbocycles. The second-order valence-electron chi connectivity index (χ2n) is 3.58. The number of hydrogen-bond donors (Lipinski definition) is 2. The van der Waals surface area contributed by atoms with Crippen LogP contribution in [0.3, 0.4) is 0 Å². The van der Waals surface area contributed by atoms with Gasteiger partial charge in [-0.1, -0.05) is 0 Å². The molecule has 15 heavy (non-hydrogen) atoms. The smallest absolute Gasteiger partial charge is 0.216 e. The molecule has 0 atom stereocenters. The van der Waals surface area contributed by atoms with Crippen molar-refractivity contribution in [2.45, 2.75) is 20.8 Å². The fourth-order valence-electron chi connectivity index (χ4n) is 1.46. The maximum Gasteiger partial charge on any atom is 0.216 e. The molecule has 0 saturated heterocycles. The Hall–Kier alpha value is -1.52. The van der Waals surface area contributed by atoms with Crippen LogP contribution in [0.1, 0.15) is 18.3 Å². The lowest BCUT2D eigenvalue weighted by atomic mass is 10.3. The number of amides is 1. The van der Waals surface area contributed by atoms with E-state index in [-0.39, 0.29) is 5.91 Å². The van der Waals surface area contributed by atoms with Gasteiger partial charge in [-0.2, -0.15) is 5.10 Å². The summed E-state index contributed by atoms with van der Waals surface area (Å²) in [5, 5.41) is 10.3. The first kappa shape index (κ1) is 11.6. The molecule has 1 rings (SSSR count). The first-order valence-electron chi connectivity index (χ1n) is 5.01. The third kappa shape index (κ3) is 2.97. The van der Waals surface area contributed by atoms with E-state index >= 15 is 0 Å². The van der Waals surface area contributed by atoms with Crippen LogP contribution in [-0.4, -0.2) is 28.8 Å². The summed E-state index contributed by atoms with van der Waals surface area (Å²) in [5.74, 6) is -0.00331. The van der Waals surface area contributed by atoms with Crippen LogP contribution in [0, 0.1) is 13.8 Å². The number of hydrogen-bond acceptors (Lipinski definition) is 3. The number of carbonyl (C=O) groups is 1. The third-order valence-electron chi connectivity index (χ3n) is 2.31. The molecule has 0 radical (unpaired) electrons. The van der Waals surface area contributed by atoms with E-state index < -0.39 is 0 Å². The molecule has 0 bridgehead atoms. The summed E-state index contributed by atoms with van der Waals surface area (Å²) < 4.78 is 1.84. The number of rotatable bonds is 4. The Balaban J connectivity index is 2.47. The van der Waals surface area contributed by atoms with Crippen molar-refractivity contribution in [2.24, 2.45) is 7.05 Å². The van der Waals surface area contributed by atoms with Crippen molar-refractivity contribution < 1.29 is 4.79 Å². The van der Waals surface area contributed by atoms with Crippen molar-refractivity contribution in [1.29, 1.82) is 0 Å². The zero-order valence-electron chi connectivity index (χ0n) is 9.72. The third-order valence-corrected chi connectivity index (χ3v) is 2.31. The maximum atomic E-state index is 10.6. The topological polar surface area (TPSA) is 59.0 Å². The van der Waals surface area contributed by atoms with E-state index in [4.69, 9.17) is 0 Å². The summed E-state index contributed by atoms with van der Waals surface area (Å²) in [7, 11) is 1.92. The molecule has 2 N–H and O–H groups in total. The van der Waals surface area contributed by atoms with Crippen LogP contribution in [0.5, 0.6) is 0 Å². The molecule has 0 fully saturated rings. The first-order valence-corrected chi connectivity index (χ1v) is 5.01. The summed E-state index contributed by atoms with van der Waals surface area (Å²) in [6, 6.07) is 0. The Bertz CT molecular complexity index is 357. The average molecular weight is 210 g/mol. The second-order valence-corrected chi connectivity index (χ2v) is 3.58. The monoisotopic (exact) mass is 210 g/mol. The lowest BCUT2D eigenvalue weighted by molar-refractivity contribution is -0.118. The van der Waals surface area contributed by atoms with E-state index in [2.05, 4.69) is 15.7 Å². The molecule has 5 heteroatoms. The molecule has 0 saturated carbocycles. The molecule has 0 spiro atoms. The number of nitrogens with zero attached hydrogens (tertiary/aromatic N) is 2. The molecule has 5 nitrogen and oxygen atoms in total. The highest BCUT2D eigenvalue weighted by Gasteiger charge is 2.07. The van der Waals surface area contributed by atoms with Gasteiger partial charge in [-0.25, -0.2) is 0 Å². The zero-order chi connectivity index (χ0) is 11.4. The highest BCUT2D eigenvalue weighted by Crippen LogP contribution is 2.17. The molecular weight excluding hydrogens is 192 g/mol. The summed E-state index contributed by atoms with van der Waals surface area (Å²) in [6.07, 6.45) is 0. The van der Waals surface area contributed by atoms with Crippen molar-refractivity contribution in [3.05, 3.63) is 11.4 Å². The minimum absolute atomic E-state index is 0.00331. The van der Waals surface area contributed by atoms with Crippen molar-refractivity contribution >= 4 is 11.6 Å². The summed E-state index contributed by atoms with van der Waals surface area (Å²) in [5.41, 5.74) is 3.15. The molecule has 84 valence electrons. The second kappa shape index (κ2) is 4.82. The Morgan fingerprint density at radius 2 is 2.07 bits per heavy atom.